The Morgan fingerprint density at radius 2 is 2.05 bits per heavy atom. The minimum absolute atomic E-state index is 0.317. The molecule has 0 aromatic carbocycles. The van der Waals surface area contributed by atoms with Crippen molar-refractivity contribution < 1.29 is 8.42 Å². The molecule has 1 saturated heterocycles. The van der Waals surface area contributed by atoms with Crippen LogP contribution in [0.5, 0.6) is 0 Å². The Labute approximate surface area is 127 Å². The molecule has 2 heterocycles. The quantitative estimate of drug-likeness (QED) is 0.592. The van der Waals surface area contributed by atoms with Crippen molar-refractivity contribution in [3.05, 3.63) is 18.0 Å². The molecule has 0 saturated carbocycles. The molecule has 0 aliphatic carbocycles. The monoisotopic (exact) mass is 314 g/mol. The minimum Gasteiger partial charge on any atom is -0.363 e. The van der Waals surface area contributed by atoms with Gasteiger partial charge in [0.1, 0.15) is 0 Å². The molecule has 1 aliphatic heterocycles. The number of hydrogen-bond donors (Lipinski definition) is 3. The Hall–Kier alpha value is -0.890. The van der Waals surface area contributed by atoms with E-state index >= 15 is 0 Å². The second-order valence-electron chi connectivity index (χ2n) is 5.48. The van der Waals surface area contributed by atoms with Gasteiger partial charge >= 0.3 is 0 Å². The van der Waals surface area contributed by atoms with Gasteiger partial charge in [-0.05, 0) is 45.0 Å². The highest BCUT2D eigenvalue weighted by molar-refractivity contribution is 7.89. The lowest BCUT2D eigenvalue weighted by Crippen LogP contribution is -2.33. The van der Waals surface area contributed by atoms with Crippen molar-refractivity contribution in [1.82, 2.24) is 19.9 Å². The third-order valence-corrected chi connectivity index (χ3v) is 5.13. The molecular formula is C14H26N4O2S. The lowest BCUT2D eigenvalue weighted by molar-refractivity contribution is 0.344. The van der Waals surface area contributed by atoms with Crippen LogP contribution in [0.4, 0.5) is 0 Å². The number of aromatic amines is 1. The Morgan fingerprint density at radius 1 is 1.29 bits per heavy atom. The minimum atomic E-state index is -3.40. The first kappa shape index (κ1) is 16.5. The van der Waals surface area contributed by atoms with Crippen LogP contribution in [-0.4, -0.2) is 51.0 Å². The second kappa shape index (κ2) is 7.93. The molecule has 0 amide bonds. The number of aromatic nitrogens is 1. The van der Waals surface area contributed by atoms with Gasteiger partial charge in [0, 0.05) is 31.5 Å². The van der Waals surface area contributed by atoms with Crippen LogP contribution in [0.3, 0.4) is 0 Å². The van der Waals surface area contributed by atoms with Crippen LogP contribution in [0.2, 0.25) is 0 Å². The molecule has 120 valence electrons. The molecule has 0 bridgehead atoms. The fraction of sp³-hybridized carbons (Fsp3) is 0.714. The summed E-state index contributed by atoms with van der Waals surface area (Å²) >= 11 is 0. The molecule has 3 N–H and O–H groups in total. The number of H-pyrrole nitrogens is 1. The van der Waals surface area contributed by atoms with E-state index in [1.165, 1.54) is 12.8 Å². The average molecular weight is 314 g/mol. The van der Waals surface area contributed by atoms with Crippen LogP contribution in [-0.2, 0) is 16.6 Å². The van der Waals surface area contributed by atoms with Gasteiger partial charge in [-0.1, -0.05) is 6.92 Å². The van der Waals surface area contributed by atoms with Crippen LogP contribution >= 0.6 is 0 Å². The topological polar surface area (TPSA) is 77.2 Å². The highest BCUT2D eigenvalue weighted by Gasteiger charge is 2.17. The van der Waals surface area contributed by atoms with Gasteiger partial charge < -0.3 is 15.2 Å². The van der Waals surface area contributed by atoms with E-state index in [9.17, 15) is 8.42 Å². The lowest BCUT2D eigenvalue weighted by Gasteiger charge is -2.14. The zero-order valence-electron chi connectivity index (χ0n) is 12.7. The van der Waals surface area contributed by atoms with Crippen molar-refractivity contribution in [3.63, 3.8) is 0 Å². The molecule has 1 fully saturated rings. The number of nitrogens with one attached hydrogen (secondary N) is 3. The highest BCUT2D eigenvalue weighted by Crippen LogP contribution is 2.11. The van der Waals surface area contributed by atoms with E-state index in [0.29, 0.717) is 18.0 Å². The summed E-state index contributed by atoms with van der Waals surface area (Å²) in [5.41, 5.74) is 0.892. The summed E-state index contributed by atoms with van der Waals surface area (Å²) in [6, 6.07) is 1.70. The average Bonchev–Trinajstić information content (AvgIpc) is 3.10. The molecule has 1 aromatic rings. The van der Waals surface area contributed by atoms with Crippen molar-refractivity contribution >= 4 is 10.0 Å². The van der Waals surface area contributed by atoms with E-state index in [4.69, 9.17) is 0 Å². The Morgan fingerprint density at radius 3 is 2.76 bits per heavy atom. The second-order valence-corrected chi connectivity index (χ2v) is 7.25. The largest absolute Gasteiger partial charge is 0.363 e. The van der Waals surface area contributed by atoms with Crippen LogP contribution in [0.15, 0.2) is 17.2 Å². The molecule has 0 radical (unpaired) electrons. The third kappa shape index (κ3) is 5.10. The van der Waals surface area contributed by atoms with Crippen molar-refractivity contribution in [1.29, 1.82) is 0 Å². The normalized spacial score (nSPS) is 16.6. The molecule has 7 heteroatoms. The van der Waals surface area contributed by atoms with Gasteiger partial charge in [-0.2, -0.15) is 0 Å². The molecule has 2 rings (SSSR count). The smallest absolute Gasteiger partial charge is 0.242 e. The van der Waals surface area contributed by atoms with Gasteiger partial charge in [-0.25, -0.2) is 13.1 Å². The maximum atomic E-state index is 12.2. The number of sulfonamides is 1. The summed E-state index contributed by atoms with van der Waals surface area (Å²) in [5.74, 6) is 0. The first-order chi connectivity index (χ1) is 10.1. The Bertz CT molecular complexity index is 521. The van der Waals surface area contributed by atoms with E-state index in [2.05, 4.69) is 26.8 Å². The first-order valence-corrected chi connectivity index (χ1v) is 9.20. The van der Waals surface area contributed by atoms with Crippen LogP contribution < -0.4 is 10.0 Å². The zero-order chi connectivity index (χ0) is 15.1. The summed E-state index contributed by atoms with van der Waals surface area (Å²) in [5, 5.41) is 3.24. The van der Waals surface area contributed by atoms with E-state index in [1.54, 1.807) is 12.3 Å². The van der Waals surface area contributed by atoms with Crippen LogP contribution in [0.25, 0.3) is 0 Å². The maximum Gasteiger partial charge on any atom is 0.242 e. The van der Waals surface area contributed by atoms with Gasteiger partial charge in [0.2, 0.25) is 10.0 Å². The number of likely N-dealkylation sites (tertiary alicyclic amines) is 1. The SMILES string of the molecule is CCCNCc1cc(S(=O)(=O)NCCN2CCCC2)c[nH]1. The number of hydrogen-bond acceptors (Lipinski definition) is 4. The molecule has 0 unspecified atom stereocenters. The number of nitrogens with zero attached hydrogens (tertiary/aromatic N) is 1. The van der Waals surface area contributed by atoms with E-state index in [1.807, 2.05) is 0 Å². The fourth-order valence-corrected chi connectivity index (χ4v) is 3.54. The summed E-state index contributed by atoms with van der Waals surface area (Å²) < 4.78 is 27.0. The van der Waals surface area contributed by atoms with E-state index in [0.717, 1.165) is 38.3 Å². The van der Waals surface area contributed by atoms with Crippen LogP contribution in [0.1, 0.15) is 31.9 Å². The van der Waals surface area contributed by atoms with Gasteiger partial charge in [0.15, 0.2) is 0 Å². The predicted octanol–water partition coefficient (Wildman–Crippen LogP) is 0.888. The highest BCUT2D eigenvalue weighted by atomic mass is 32.2. The van der Waals surface area contributed by atoms with Crippen molar-refractivity contribution in [2.45, 2.75) is 37.6 Å². The molecule has 21 heavy (non-hydrogen) atoms. The molecule has 6 nitrogen and oxygen atoms in total. The molecule has 1 aromatic heterocycles. The lowest BCUT2D eigenvalue weighted by atomic mass is 10.4. The van der Waals surface area contributed by atoms with E-state index in [-0.39, 0.29) is 0 Å². The fourth-order valence-electron chi connectivity index (χ4n) is 2.50. The zero-order valence-corrected chi connectivity index (χ0v) is 13.5. The Kier molecular flexibility index (Phi) is 6.22. The first-order valence-electron chi connectivity index (χ1n) is 7.72. The number of rotatable bonds is 9. The predicted molar refractivity (Wildman–Crippen MR) is 83.7 cm³/mol. The van der Waals surface area contributed by atoms with Crippen molar-refractivity contribution in [2.75, 3.05) is 32.7 Å². The maximum absolute atomic E-state index is 12.2. The standard InChI is InChI=1S/C14H26N4O2S/c1-2-5-15-11-13-10-14(12-16-13)21(19,20)17-6-9-18-7-3-4-8-18/h10,12,15-17H,2-9,11H2,1H3. The van der Waals surface area contributed by atoms with Gasteiger partial charge in [0.25, 0.3) is 0 Å². The summed E-state index contributed by atoms with van der Waals surface area (Å²) in [6.07, 6.45) is 5.06. The van der Waals surface area contributed by atoms with Gasteiger partial charge in [0.05, 0.1) is 4.90 Å². The van der Waals surface area contributed by atoms with Crippen LogP contribution in [0, 0.1) is 0 Å². The van der Waals surface area contributed by atoms with Gasteiger partial charge in [-0.3, -0.25) is 0 Å². The summed E-state index contributed by atoms with van der Waals surface area (Å²) in [7, 11) is -3.40. The van der Waals surface area contributed by atoms with Crippen molar-refractivity contribution in [2.24, 2.45) is 0 Å². The van der Waals surface area contributed by atoms with Gasteiger partial charge in [-0.15, -0.1) is 0 Å². The van der Waals surface area contributed by atoms with E-state index < -0.39 is 10.0 Å². The summed E-state index contributed by atoms with van der Waals surface area (Å²) in [4.78, 5) is 5.62. The molecular weight excluding hydrogens is 288 g/mol. The molecule has 0 atom stereocenters. The van der Waals surface area contributed by atoms with Crippen molar-refractivity contribution in [3.8, 4) is 0 Å². The molecule has 1 aliphatic rings. The molecule has 0 spiro atoms. The summed E-state index contributed by atoms with van der Waals surface area (Å²) in [6.45, 7) is 7.11. The third-order valence-electron chi connectivity index (χ3n) is 3.69. The Balaban J connectivity index is 1.80.